The number of carbonyl (C=O) groups is 3. The van der Waals surface area contributed by atoms with E-state index < -0.39 is 41.6 Å². The van der Waals surface area contributed by atoms with Gasteiger partial charge >= 0.3 is 5.97 Å². The number of hydrogen-bond donors (Lipinski definition) is 1. The number of anilines is 1. The smallest absolute Gasteiger partial charge is 0.312 e. The quantitative estimate of drug-likeness (QED) is 0.252. The number of unbranched alkanes of at least 4 members (excludes halogenated alkanes) is 2. The minimum Gasteiger partial charge on any atom is -0.465 e. The summed E-state index contributed by atoms with van der Waals surface area (Å²) in [6.07, 6.45) is 6.35. The molecule has 1 aromatic rings. The van der Waals surface area contributed by atoms with Gasteiger partial charge in [0.05, 0.1) is 37.2 Å². The molecule has 37 heavy (non-hydrogen) atoms. The number of aliphatic hydroxyl groups is 1. The predicted octanol–water partition coefficient (Wildman–Crippen LogP) is 3.51. The summed E-state index contributed by atoms with van der Waals surface area (Å²) in [4.78, 5) is 44.3. The van der Waals surface area contributed by atoms with Crippen LogP contribution in [-0.2, 0) is 23.9 Å². The van der Waals surface area contributed by atoms with E-state index in [1.165, 1.54) is 9.80 Å². The van der Waals surface area contributed by atoms with Gasteiger partial charge in [-0.25, -0.2) is 0 Å². The molecule has 1 spiro atoms. The van der Waals surface area contributed by atoms with Gasteiger partial charge in [0.1, 0.15) is 11.6 Å². The van der Waals surface area contributed by atoms with Crippen molar-refractivity contribution >= 4 is 35.1 Å². The number of amides is 2. The van der Waals surface area contributed by atoms with Crippen LogP contribution in [0.25, 0.3) is 0 Å². The van der Waals surface area contributed by atoms with Gasteiger partial charge in [-0.1, -0.05) is 23.8 Å². The molecule has 1 N–H and O–H groups in total. The standard InChI is InChI=1S/C28H35ClN2O6/c1-4-6-7-8-16-36-27(35)22-21-13-14-28(37-21)23(22)25(33)31(18(3)17-32)24(28)26(34)30(15-5-2)20-11-9-19(29)10-12-20/h4-5,9-12,18,21-24,32H,1-2,6-8,13-17H2,3H3/t18-,21+,22-,23+,24?,28?/m1/s1. The van der Waals surface area contributed by atoms with Crippen molar-refractivity contribution in [3.05, 3.63) is 54.6 Å². The number of aliphatic hydroxyl groups excluding tert-OH is 1. The number of likely N-dealkylation sites (tertiary alicyclic amines) is 1. The fraction of sp³-hybridized carbons (Fsp3) is 0.536. The first-order valence-electron chi connectivity index (χ1n) is 12.9. The van der Waals surface area contributed by atoms with E-state index in [0.29, 0.717) is 30.0 Å². The lowest BCUT2D eigenvalue weighted by Gasteiger charge is -2.38. The van der Waals surface area contributed by atoms with Gasteiger partial charge in [0.15, 0.2) is 0 Å². The highest BCUT2D eigenvalue weighted by atomic mass is 35.5. The van der Waals surface area contributed by atoms with Crippen LogP contribution in [0, 0.1) is 11.8 Å². The SMILES string of the molecule is C=CCCCCOC(=O)[C@@H]1[C@@H]2CCC3(O2)C(C(=O)N(CC=C)c2ccc(Cl)cc2)N([C@H](C)CO)C(=O)[C@H]13. The summed E-state index contributed by atoms with van der Waals surface area (Å²) >= 11 is 6.06. The number of fused-ring (bicyclic) bond motifs is 1. The zero-order chi connectivity index (χ0) is 26.7. The molecule has 3 aliphatic rings. The summed E-state index contributed by atoms with van der Waals surface area (Å²) in [5.74, 6) is -2.79. The van der Waals surface area contributed by atoms with Crippen molar-refractivity contribution in [2.45, 2.75) is 62.8 Å². The molecule has 2 amide bonds. The van der Waals surface area contributed by atoms with Crippen LogP contribution >= 0.6 is 11.6 Å². The van der Waals surface area contributed by atoms with E-state index in [2.05, 4.69) is 13.2 Å². The second-order valence-corrected chi connectivity index (χ2v) is 10.4. The minimum atomic E-state index is -1.17. The predicted molar refractivity (Wildman–Crippen MR) is 140 cm³/mol. The average molecular weight is 531 g/mol. The van der Waals surface area contributed by atoms with Crippen molar-refractivity contribution in [1.29, 1.82) is 0 Å². The second kappa shape index (κ2) is 11.4. The molecule has 200 valence electrons. The van der Waals surface area contributed by atoms with Crippen LogP contribution in [0.5, 0.6) is 0 Å². The van der Waals surface area contributed by atoms with E-state index in [1.54, 1.807) is 37.3 Å². The highest BCUT2D eigenvalue weighted by Crippen LogP contribution is 2.59. The molecule has 6 atom stereocenters. The minimum absolute atomic E-state index is 0.201. The van der Waals surface area contributed by atoms with Crippen LogP contribution in [-0.4, -0.2) is 71.3 Å². The van der Waals surface area contributed by atoms with Crippen LogP contribution < -0.4 is 4.90 Å². The van der Waals surface area contributed by atoms with Gasteiger partial charge in [-0.15, -0.1) is 13.2 Å². The van der Waals surface area contributed by atoms with Gasteiger partial charge in [-0.2, -0.15) is 0 Å². The summed E-state index contributed by atoms with van der Waals surface area (Å²) in [5.41, 5.74) is -0.568. The third kappa shape index (κ3) is 4.82. The van der Waals surface area contributed by atoms with Crippen LogP contribution in [0.3, 0.4) is 0 Å². The molecule has 3 saturated heterocycles. The number of nitrogens with zero attached hydrogens (tertiary/aromatic N) is 2. The highest BCUT2D eigenvalue weighted by Gasteiger charge is 2.75. The summed E-state index contributed by atoms with van der Waals surface area (Å²) in [6.45, 7) is 9.31. The molecule has 2 unspecified atom stereocenters. The summed E-state index contributed by atoms with van der Waals surface area (Å²) in [6, 6.07) is 5.19. The normalized spacial score (nSPS) is 28.6. The molecular weight excluding hydrogens is 496 g/mol. The van der Waals surface area contributed by atoms with Gasteiger partial charge in [-0.05, 0) is 63.3 Å². The largest absolute Gasteiger partial charge is 0.465 e. The Morgan fingerprint density at radius 1 is 1.30 bits per heavy atom. The number of rotatable bonds is 12. The van der Waals surface area contributed by atoms with Crippen molar-refractivity contribution in [1.82, 2.24) is 4.90 Å². The van der Waals surface area contributed by atoms with Crippen molar-refractivity contribution in [3.8, 4) is 0 Å². The van der Waals surface area contributed by atoms with Crippen LogP contribution in [0.15, 0.2) is 49.6 Å². The van der Waals surface area contributed by atoms with E-state index in [0.717, 1.165) is 12.8 Å². The molecule has 9 heteroatoms. The molecule has 4 rings (SSSR count). The Balaban J connectivity index is 1.66. The molecule has 0 aromatic heterocycles. The van der Waals surface area contributed by atoms with Crippen molar-refractivity contribution in [2.24, 2.45) is 11.8 Å². The number of esters is 1. The van der Waals surface area contributed by atoms with Gasteiger partial charge in [0.2, 0.25) is 5.91 Å². The Kier molecular flexibility index (Phi) is 8.41. The fourth-order valence-electron chi connectivity index (χ4n) is 6.08. The maximum absolute atomic E-state index is 14.2. The van der Waals surface area contributed by atoms with Crippen LogP contribution in [0.1, 0.15) is 39.0 Å². The molecule has 0 aliphatic carbocycles. The van der Waals surface area contributed by atoms with Gasteiger partial charge in [-0.3, -0.25) is 14.4 Å². The Bertz CT molecular complexity index is 1050. The van der Waals surface area contributed by atoms with E-state index in [-0.39, 0.29) is 31.6 Å². The molecule has 0 saturated carbocycles. The van der Waals surface area contributed by atoms with Gasteiger partial charge < -0.3 is 24.4 Å². The first-order chi connectivity index (χ1) is 17.8. The third-order valence-electron chi connectivity index (χ3n) is 7.75. The van der Waals surface area contributed by atoms with E-state index in [4.69, 9.17) is 21.1 Å². The maximum atomic E-state index is 14.2. The van der Waals surface area contributed by atoms with E-state index in [1.807, 2.05) is 6.08 Å². The van der Waals surface area contributed by atoms with Crippen LogP contribution in [0.2, 0.25) is 5.02 Å². The van der Waals surface area contributed by atoms with E-state index in [9.17, 15) is 19.5 Å². The molecule has 8 nitrogen and oxygen atoms in total. The molecule has 3 fully saturated rings. The number of benzene rings is 1. The first kappa shape index (κ1) is 27.4. The Hall–Kier alpha value is -2.68. The van der Waals surface area contributed by atoms with Gasteiger partial charge in [0.25, 0.3) is 5.91 Å². The summed E-state index contributed by atoms with van der Waals surface area (Å²) < 4.78 is 12.0. The molecule has 3 heterocycles. The fourth-order valence-corrected chi connectivity index (χ4v) is 6.21. The molecular formula is C28H35ClN2O6. The zero-order valence-corrected chi connectivity index (χ0v) is 21.9. The monoisotopic (exact) mass is 530 g/mol. The van der Waals surface area contributed by atoms with E-state index >= 15 is 0 Å². The summed E-state index contributed by atoms with van der Waals surface area (Å²) in [7, 11) is 0. The van der Waals surface area contributed by atoms with Crippen molar-refractivity contribution in [2.75, 3.05) is 24.7 Å². The third-order valence-corrected chi connectivity index (χ3v) is 8.00. The van der Waals surface area contributed by atoms with Crippen molar-refractivity contribution in [3.63, 3.8) is 0 Å². The lowest BCUT2D eigenvalue weighted by atomic mass is 9.70. The first-order valence-corrected chi connectivity index (χ1v) is 13.2. The highest BCUT2D eigenvalue weighted by molar-refractivity contribution is 6.30. The molecule has 1 aromatic carbocycles. The number of halogens is 1. The molecule has 3 aliphatic heterocycles. The van der Waals surface area contributed by atoms with Crippen LogP contribution in [0.4, 0.5) is 5.69 Å². The zero-order valence-electron chi connectivity index (χ0n) is 21.2. The number of carbonyl (C=O) groups excluding carboxylic acids is 3. The lowest BCUT2D eigenvalue weighted by Crippen LogP contribution is -2.58. The Labute approximate surface area is 222 Å². The lowest BCUT2D eigenvalue weighted by molar-refractivity contribution is -0.155. The average Bonchev–Trinajstić information content (AvgIpc) is 3.54. The Morgan fingerprint density at radius 2 is 2.03 bits per heavy atom. The molecule has 0 radical (unpaired) electrons. The maximum Gasteiger partial charge on any atom is 0.312 e. The second-order valence-electron chi connectivity index (χ2n) is 10.00. The number of hydrogen-bond acceptors (Lipinski definition) is 6. The van der Waals surface area contributed by atoms with Crippen molar-refractivity contribution < 1.29 is 29.0 Å². The molecule has 2 bridgehead atoms. The number of ether oxygens (including phenoxy) is 2. The summed E-state index contributed by atoms with van der Waals surface area (Å²) in [5, 5.41) is 10.5. The topological polar surface area (TPSA) is 96.4 Å². The van der Waals surface area contributed by atoms with Gasteiger partial charge in [0, 0.05) is 17.3 Å². The Morgan fingerprint density at radius 3 is 2.68 bits per heavy atom. The number of allylic oxidation sites excluding steroid dienone is 1.